The van der Waals surface area contributed by atoms with Crippen LogP contribution in [0, 0.1) is 5.82 Å². The van der Waals surface area contributed by atoms with Gasteiger partial charge >= 0.3 is 0 Å². The molecule has 0 fully saturated rings. The van der Waals surface area contributed by atoms with Crippen molar-refractivity contribution in [2.45, 2.75) is 45.9 Å². The van der Waals surface area contributed by atoms with Crippen LogP contribution in [0.3, 0.4) is 0 Å². The van der Waals surface area contributed by atoms with Gasteiger partial charge in [0.05, 0.1) is 41.8 Å². The molecular weight excluding hydrogens is 551 g/mol. The van der Waals surface area contributed by atoms with E-state index in [-0.39, 0.29) is 27.7 Å². The standard InChI is InChI=1S/C31H33FN8O3/c1-31(2,3)19-11-18-15-33-40(30(43)28(18)23(32)12-19)26-8-6-7-21(22(26)17-41)24-14-25(29(42)38(5)35-24)34-27-13-20-16-37(4)9-10-39(20)36-27/h6-8,11-15,41H,9-10,16-17H2,1-5H3,(H,34,36). The summed E-state index contributed by atoms with van der Waals surface area (Å²) in [5.74, 6) is -0.0902. The number of anilines is 2. The Morgan fingerprint density at radius 2 is 1.81 bits per heavy atom. The molecule has 2 aromatic carbocycles. The molecule has 1 aliphatic heterocycles. The lowest BCUT2D eigenvalue weighted by Crippen LogP contribution is -2.30. The largest absolute Gasteiger partial charge is 0.392 e. The van der Waals surface area contributed by atoms with Crippen molar-refractivity contribution >= 4 is 22.3 Å². The first kappa shape index (κ1) is 28.4. The summed E-state index contributed by atoms with van der Waals surface area (Å²) in [6.45, 7) is 7.84. The van der Waals surface area contributed by atoms with Crippen LogP contribution in [-0.2, 0) is 32.2 Å². The van der Waals surface area contributed by atoms with E-state index in [1.807, 2.05) is 38.6 Å². The molecule has 0 radical (unpaired) electrons. The Balaban J connectivity index is 1.44. The molecule has 4 heterocycles. The van der Waals surface area contributed by atoms with Crippen molar-refractivity contribution in [2.75, 3.05) is 18.9 Å². The molecule has 0 unspecified atom stereocenters. The minimum atomic E-state index is -0.646. The van der Waals surface area contributed by atoms with E-state index in [0.717, 1.165) is 35.6 Å². The van der Waals surface area contributed by atoms with Crippen molar-refractivity contribution in [3.63, 3.8) is 0 Å². The summed E-state index contributed by atoms with van der Waals surface area (Å²) in [4.78, 5) is 28.8. The number of hydrogen-bond acceptors (Lipinski definition) is 8. The Morgan fingerprint density at radius 3 is 2.56 bits per heavy atom. The molecule has 0 saturated heterocycles. The fourth-order valence-corrected chi connectivity index (χ4v) is 5.44. The first-order valence-electron chi connectivity index (χ1n) is 14.0. The highest BCUT2D eigenvalue weighted by Gasteiger charge is 2.22. The molecule has 0 bridgehead atoms. The van der Waals surface area contributed by atoms with Gasteiger partial charge in [0.2, 0.25) is 0 Å². The van der Waals surface area contributed by atoms with E-state index in [0.29, 0.717) is 28.0 Å². The van der Waals surface area contributed by atoms with Gasteiger partial charge in [0.25, 0.3) is 11.1 Å². The molecule has 0 aliphatic carbocycles. The molecule has 6 rings (SSSR count). The molecule has 1 aliphatic rings. The van der Waals surface area contributed by atoms with Gasteiger partial charge in [-0.3, -0.25) is 19.2 Å². The van der Waals surface area contributed by atoms with Crippen molar-refractivity contribution in [3.05, 3.63) is 92.0 Å². The Bertz CT molecular complexity index is 2000. The average molecular weight is 585 g/mol. The lowest BCUT2D eigenvalue weighted by atomic mass is 9.86. The molecule has 0 spiro atoms. The number of aliphatic hydroxyl groups is 1. The van der Waals surface area contributed by atoms with E-state index in [9.17, 15) is 14.7 Å². The zero-order chi connectivity index (χ0) is 30.6. The van der Waals surface area contributed by atoms with Crippen LogP contribution in [0.25, 0.3) is 27.7 Å². The number of rotatable bonds is 5. The highest BCUT2D eigenvalue weighted by Crippen LogP contribution is 2.30. The van der Waals surface area contributed by atoms with E-state index in [2.05, 4.69) is 25.5 Å². The maximum absolute atomic E-state index is 15.3. The van der Waals surface area contributed by atoms with Crippen molar-refractivity contribution < 1.29 is 9.50 Å². The predicted octanol–water partition coefficient (Wildman–Crippen LogP) is 3.46. The summed E-state index contributed by atoms with van der Waals surface area (Å²) >= 11 is 0. The lowest BCUT2D eigenvalue weighted by Gasteiger charge is -2.22. The van der Waals surface area contributed by atoms with Crippen LogP contribution in [0.5, 0.6) is 0 Å². The summed E-state index contributed by atoms with van der Waals surface area (Å²) in [5.41, 5.74) is 2.23. The zero-order valence-corrected chi connectivity index (χ0v) is 24.7. The molecule has 0 amide bonds. The van der Waals surface area contributed by atoms with Crippen LogP contribution >= 0.6 is 0 Å². The summed E-state index contributed by atoms with van der Waals surface area (Å²) in [5, 5.41) is 27.3. The molecule has 43 heavy (non-hydrogen) atoms. The van der Waals surface area contributed by atoms with Crippen molar-refractivity contribution in [2.24, 2.45) is 7.05 Å². The third-order valence-electron chi connectivity index (χ3n) is 7.83. The third kappa shape index (κ3) is 5.12. The lowest BCUT2D eigenvalue weighted by molar-refractivity contribution is 0.259. The van der Waals surface area contributed by atoms with Gasteiger partial charge in [0, 0.05) is 42.7 Å². The maximum Gasteiger partial charge on any atom is 0.290 e. The molecule has 12 heteroatoms. The van der Waals surface area contributed by atoms with E-state index < -0.39 is 18.0 Å². The summed E-state index contributed by atoms with van der Waals surface area (Å²) in [6, 6.07) is 11.7. The fourth-order valence-electron chi connectivity index (χ4n) is 5.44. The summed E-state index contributed by atoms with van der Waals surface area (Å²) < 4.78 is 19.5. The van der Waals surface area contributed by atoms with Crippen LogP contribution in [0.1, 0.15) is 37.6 Å². The minimum absolute atomic E-state index is 0.0852. The van der Waals surface area contributed by atoms with Gasteiger partial charge in [-0.05, 0) is 42.3 Å². The Hall–Kier alpha value is -4.68. The van der Waals surface area contributed by atoms with Gasteiger partial charge in [-0.1, -0.05) is 32.9 Å². The second-order valence-corrected chi connectivity index (χ2v) is 12.0. The second kappa shape index (κ2) is 10.5. The third-order valence-corrected chi connectivity index (χ3v) is 7.83. The number of benzene rings is 2. The van der Waals surface area contributed by atoms with Crippen LogP contribution in [0.15, 0.2) is 58.3 Å². The summed E-state index contributed by atoms with van der Waals surface area (Å²) in [7, 11) is 3.58. The Labute approximate surface area is 246 Å². The first-order valence-corrected chi connectivity index (χ1v) is 14.0. The fraction of sp³-hybridized carbons (Fsp3) is 0.323. The number of hydrogen-bond donors (Lipinski definition) is 2. The van der Waals surface area contributed by atoms with Crippen molar-refractivity contribution in [1.82, 2.24) is 34.2 Å². The second-order valence-electron chi connectivity index (χ2n) is 12.0. The smallest absolute Gasteiger partial charge is 0.290 e. The number of halogens is 1. The number of nitrogens with one attached hydrogen (secondary N) is 1. The highest BCUT2D eigenvalue weighted by molar-refractivity contribution is 5.83. The van der Waals surface area contributed by atoms with Gasteiger partial charge in [-0.25, -0.2) is 9.07 Å². The van der Waals surface area contributed by atoms with E-state index in [4.69, 9.17) is 0 Å². The minimum Gasteiger partial charge on any atom is -0.392 e. The van der Waals surface area contributed by atoms with Gasteiger partial charge < -0.3 is 10.4 Å². The quantitative estimate of drug-likeness (QED) is 0.322. The van der Waals surface area contributed by atoms with Crippen LogP contribution in [0.4, 0.5) is 15.9 Å². The zero-order valence-electron chi connectivity index (χ0n) is 24.7. The number of likely N-dealkylation sites (N-methyl/N-ethyl adjacent to an activating group) is 1. The van der Waals surface area contributed by atoms with E-state index >= 15 is 4.39 Å². The molecule has 2 N–H and O–H groups in total. The molecule has 3 aromatic heterocycles. The Kier molecular flexibility index (Phi) is 6.98. The molecule has 0 atom stereocenters. The van der Waals surface area contributed by atoms with Gasteiger partial charge in [0.1, 0.15) is 11.5 Å². The van der Waals surface area contributed by atoms with Crippen LogP contribution < -0.4 is 16.4 Å². The number of aliphatic hydroxyl groups excluding tert-OH is 1. The van der Waals surface area contributed by atoms with E-state index in [1.165, 1.54) is 24.0 Å². The van der Waals surface area contributed by atoms with E-state index in [1.54, 1.807) is 30.3 Å². The van der Waals surface area contributed by atoms with Gasteiger partial charge in [0.15, 0.2) is 5.82 Å². The topological polar surface area (TPSA) is 123 Å². The molecule has 11 nitrogen and oxygen atoms in total. The van der Waals surface area contributed by atoms with Crippen molar-refractivity contribution in [1.29, 1.82) is 0 Å². The summed E-state index contributed by atoms with van der Waals surface area (Å²) in [6.07, 6.45) is 1.46. The molecule has 0 saturated carbocycles. The highest BCUT2D eigenvalue weighted by atomic mass is 19.1. The number of aryl methyl sites for hydroxylation is 1. The predicted molar refractivity (Wildman–Crippen MR) is 162 cm³/mol. The van der Waals surface area contributed by atoms with Crippen molar-refractivity contribution in [3.8, 4) is 16.9 Å². The average Bonchev–Trinajstić information content (AvgIpc) is 3.35. The molecular formula is C31H33FN8O3. The normalized spacial score (nSPS) is 13.8. The Morgan fingerprint density at radius 1 is 1.02 bits per heavy atom. The van der Waals surface area contributed by atoms with Crippen LogP contribution in [-0.4, -0.2) is 52.9 Å². The van der Waals surface area contributed by atoms with Gasteiger partial charge in [-0.2, -0.15) is 20.0 Å². The molecule has 222 valence electrons. The first-order chi connectivity index (χ1) is 20.4. The molecule has 5 aromatic rings. The number of aromatic nitrogens is 6. The maximum atomic E-state index is 15.3. The monoisotopic (exact) mass is 584 g/mol. The number of fused-ring (bicyclic) bond motifs is 2. The SMILES string of the molecule is CN1CCn2nc(Nc3cc(-c4cccc(-n5ncc6cc(C(C)(C)C)cc(F)c6c5=O)c4CO)nn(C)c3=O)cc2C1. The van der Waals surface area contributed by atoms with Crippen LogP contribution in [0.2, 0.25) is 0 Å². The number of nitrogens with zero attached hydrogens (tertiary/aromatic N) is 7. The van der Waals surface area contributed by atoms with Gasteiger partial charge in [-0.15, -0.1) is 0 Å².